The molecule has 1 amide bonds. The van der Waals surface area contributed by atoms with E-state index in [2.05, 4.69) is 68.7 Å². The second kappa shape index (κ2) is 9.52. The maximum absolute atomic E-state index is 12.5. The summed E-state index contributed by atoms with van der Waals surface area (Å²) in [5, 5.41) is 5.79. The summed E-state index contributed by atoms with van der Waals surface area (Å²) < 4.78 is 0. The minimum Gasteiger partial charge on any atom is -0.348 e. The Morgan fingerprint density at radius 2 is 1.56 bits per heavy atom. The van der Waals surface area contributed by atoms with Crippen molar-refractivity contribution in [1.29, 1.82) is 0 Å². The van der Waals surface area contributed by atoms with Gasteiger partial charge in [-0.3, -0.25) is 4.79 Å². The standard InChI is InChI=1S/C22H25NO.C2H7N/c1-14-15(2)17(4)21-19(22(24)23-13-20(21)16(14)3)12-8-11-18-9-6-5-7-10-18;1-3-2/h5-7,9-10,12H,8,11,13H2,1-4H3,(H,23,24);3H,1-2H3/b19-12-;. The van der Waals surface area contributed by atoms with Crippen LogP contribution in [0.3, 0.4) is 0 Å². The van der Waals surface area contributed by atoms with Gasteiger partial charge in [0.15, 0.2) is 0 Å². The molecule has 3 nitrogen and oxygen atoms in total. The number of hydrogen-bond donors (Lipinski definition) is 2. The van der Waals surface area contributed by atoms with E-state index in [-0.39, 0.29) is 5.91 Å². The van der Waals surface area contributed by atoms with Crippen LogP contribution in [0.15, 0.2) is 36.4 Å². The lowest BCUT2D eigenvalue weighted by molar-refractivity contribution is -0.116. The number of allylic oxidation sites excluding steroid dienone is 1. The van der Waals surface area contributed by atoms with Gasteiger partial charge in [0.2, 0.25) is 0 Å². The van der Waals surface area contributed by atoms with Crippen molar-refractivity contribution in [3.63, 3.8) is 0 Å². The fourth-order valence-electron chi connectivity index (χ4n) is 3.58. The number of carbonyl (C=O) groups excluding carboxylic acids is 1. The molecule has 2 aromatic rings. The maximum atomic E-state index is 12.5. The zero-order valence-electron chi connectivity index (χ0n) is 17.5. The molecule has 144 valence electrons. The summed E-state index contributed by atoms with van der Waals surface area (Å²) in [6, 6.07) is 10.4. The molecule has 0 saturated heterocycles. The number of rotatable bonds is 3. The Kier molecular flexibility index (Phi) is 7.37. The quantitative estimate of drug-likeness (QED) is 0.793. The lowest BCUT2D eigenvalue weighted by Crippen LogP contribution is -2.31. The van der Waals surface area contributed by atoms with E-state index in [1.54, 1.807) is 0 Å². The third kappa shape index (κ3) is 4.67. The fraction of sp³-hybridized carbons (Fsp3) is 0.375. The van der Waals surface area contributed by atoms with Gasteiger partial charge in [0.05, 0.1) is 0 Å². The van der Waals surface area contributed by atoms with Crippen molar-refractivity contribution in [2.75, 3.05) is 14.1 Å². The molecule has 3 rings (SSSR count). The summed E-state index contributed by atoms with van der Waals surface area (Å²) in [5.74, 6) is 0.0568. The topological polar surface area (TPSA) is 41.1 Å². The van der Waals surface area contributed by atoms with Crippen LogP contribution < -0.4 is 10.6 Å². The van der Waals surface area contributed by atoms with E-state index in [4.69, 9.17) is 0 Å². The summed E-state index contributed by atoms with van der Waals surface area (Å²) in [6.45, 7) is 9.28. The highest BCUT2D eigenvalue weighted by molar-refractivity contribution is 6.21. The zero-order chi connectivity index (χ0) is 20.0. The van der Waals surface area contributed by atoms with E-state index in [0.29, 0.717) is 6.54 Å². The molecule has 0 bridgehead atoms. The van der Waals surface area contributed by atoms with Crippen molar-refractivity contribution < 1.29 is 4.79 Å². The second-order valence-corrected chi connectivity index (χ2v) is 7.18. The predicted molar refractivity (Wildman–Crippen MR) is 115 cm³/mol. The van der Waals surface area contributed by atoms with Crippen LogP contribution in [0.2, 0.25) is 0 Å². The van der Waals surface area contributed by atoms with Crippen LogP contribution in [0.1, 0.15) is 45.4 Å². The molecule has 0 saturated carbocycles. The highest BCUT2D eigenvalue weighted by Gasteiger charge is 2.26. The number of amides is 1. The summed E-state index contributed by atoms with van der Waals surface area (Å²) in [5.41, 5.74) is 9.78. The van der Waals surface area contributed by atoms with Crippen LogP contribution >= 0.6 is 0 Å². The highest BCUT2D eigenvalue weighted by atomic mass is 16.1. The summed E-state index contributed by atoms with van der Waals surface area (Å²) >= 11 is 0. The van der Waals surface area contributed by atoms with E-state index in [9.17, 15) is 4.79 Å². The van der Waals surface area contributed by atoms with Crippen LogP contribution in [-0.2, 0) is 17.8 Å². The van der Waals surface area contributed by atoms with Gasteiger partial charge >= 0.3 is 0 Å². The molecule has 0 unspecified atom stereocenters. The van der Waals surface area contributed by atoms with Crippen molar-refractivity contribution in [3.8, 4) is 0 Å². The van der Waals surface area contributed by atoms with Crippen LogP contribution in [0.5, 0.6) is 0 Å². The summed E-state index contributed by atoms with van der Waals surface area (Å²) in [7, 11) is 3.75. The molecule has 2 aromatic carbocycles. The van der Waals surface area contributed by atoms with E-state index in [1.807, 2.05) is 20.2 Å². The van der Waals surface area contributed by atoms with Gasteiger partial charge in [0.1, 0.15) is 0 Å². The molecule has 0 fully saturated rings. The molecule has 0 aromatic heterocycles. The SMILES string of the molecule is CNC.Cc1c(C)c(C)c2c(c1C)CNC(=O)/C2=C\CCc1ccccc1. The third-order valence-corrected chi connectivity index (χ3v) is 5.38. The maximum Gasteiger partial charge on any atom is 0.251 e. The van der Waals surface area contributed by atoms with Gasteiger partial charge < -0.3 is 10.6 Å². The number of carbonyl (C=O) groups is 1. The molecule has 2 N–H and O–H groups in total. The first kappa shape index (κ1) is 20.9. The minimum absolute atomic E-state index is 0.0568. The van der Waals surface area contributed by atoms with Crippen LogP contribution in [0.25, 0.3) is 5.57 Å². The lowest BCUT2D eigenvalue weighted by atomic mass is 9.83. The van der Waals surface area contributed by atoms with Crippen LogP contribution in [0, 0.1) is 27.7 Å². The van der Waals surface area contributed by atoms with Crippen LogP contribution in [0.4, 0.5) is 0 Å². The Labute approximate surface area is 163 Å². The normalized spacial score (nSPS) is 14.3. The number of benzene rings is 2. The summed E-state index contributed by atoms with van der Waals surface area (Å²) in [6.07, 6.45) is 3.94. The predicted octanol–water partition coefficient (Wildman–Crippen LogP) is 4.40. The van der Waals surface area contributed by atoms with E-state index >= 15 is 0 Å². The Hall–Kier alpha value is -2.39. The minimum atomic E-state index is 0.0568. The summed E-state index contributed by atoms with van der Waals surface area (Å²) in [4.78, 5) is 12.5. The average Bonchev–Trinajstić information content (AvgIpc) is 2.67. The van der Waals surface area contributed by atoms with Crippen molar-refractivity contribution in [1.82, 2.24) is 10.6 Å². The molecule has 1 heterocycles. The first-order chi connectivity index (χ1) is 12.9. The molecule has 0 aliphatic carbocycles. The van der Waals surface area contributed by atoms with Gasteiger partial charge in [0.25, 0.3) is 5.91 Å². The second-order valence-electron chi connectivity index (χ2n) is 7.18. The van der Waals surface area contributed by atoms with Gasteiger partial charge in [-0.2, -0.15) is 0 Å². The third-order valence-electron chi connectivity index (χ3n) is 5.38. The van der Waals surface area contributed by atoms with E-state index in [0.717, 1.165) is 24.0 Å². The van der Waals surface area contributed by atoms with Crippen molar-refractivity contribution >= 4 is 11.5 Å². The van der Waals surface area contributed by atoms with Gasteiger partial charge in [0, 0.05) is 12.1 Å². The Morgan fingerprint density at radius 3 is 2.19 bits per heavy atom. The molecule has 0 spiro atoms. The van der Waals surface area contributed by atoms with Gasteiger partial charge in [-0.15, -0.1) is 0 Å². The number of aryl methyl sites for hydroxylation is 1. The average molecular weight is 365 g/mol. The Morgan fingerprint density at radius 1 is 0.963 bits per heavy atom. The molecule has 1 aliphatic heterocycles. The number of hydrogen-bond acceptors (Lipinski definition) is 2. The number of nitrogens with one attached hydrogen (secondary N) is 2. The highest BCUT2D eigenvalue weighted by Crippen LogP contribution is 2.34. The Balaban J connectivity index is 0.000000817. The molecule has 0 radical (unpaired) electrons. The first-order valence-corrected chi connectivity index (χ1v) is 9.62. The molecular formula is C24H32N2O. The monoisotopic (exact) mass is 364 g/mol. The Bertz CT molecular complexity index is 835. The smallest absolute Gasteiger partial charge is 0.251 e. The van der Waals surface area contributed by atoms with E-state index < -0.39 is 0 Å². The molecule has 3 heteroatoms. The largest absolute Gasteiger partial charge is 0.348 e. The first-order valence-electron chi connectivity index (χ1n) is 9.62. The van der Waals surface area contributed by atoms with Gasteiger partial charge in [-0.1, -0.05) is 36.4 Å². The molecule has 1 aliphatic rings. The van der Waals surface area contributed by atoms with E-state index in [1.165, 1.54) is 33.4 Å². The van der Waals surface area contributed by atoms with Crippen LogP contribution in [-0.4, -0.2) is 20.0 Å². The lowest BCUT2D eigenvalue weighted by Gasteiger charge is -2.26. The van der Waals surface area contributed by atoms with Crippen molar-refractivity contribution in [2.24, 2.45) is 0 Å². The molecule has 27 heavy (non-hydrogen) atoms. The van der Waals surface area contributed by atoms with Crippen molar-refractivity contribution in [3.05, 3.63) is 75.4 Å². The fourth-order valence-corrected chi connectivity index (χ4v) is 3.58. The molecular weight excluding hydrogens is 332 g/mol. The van der Waals surface area contributed by atoms with Gasteiger partial charge in [-0.25, -0.2) is 0 Å². The zero-order valence-corrected chi connectivity index (χ0v) is 17.5. The molecule has 0 atom stereocenters. The van der Waals surface area contributed by atoms with Crippen molar-refractivity contribution in [2.45, 2.75) is 47.1 Å². The number of fused-ring (bicyclic) bond motifs is 1. The van der Waals surface area contributed by atoms with Gasteiger partial charge in [-0.05, 0) is 93.6 Å².